The highest BCUT2D eigenvalue weighted by molar-refractivity contribution is 5.95. The molecule has 8 heteroatoms. The van der Waals surface area contributed by atoms with E-state index in [1.165, 1.54) is 21.0 Å². The number of halogens is 3. The average molecular weight is 333 g/mol. The van der Waals surface area contributed by atoms with Crippen LogP contribution >= 0.6 is 0 Å². The lowest BCUT2D eigenvalue weighted by molar-refractivity contribution is -0.141. The van der Waals surface area contributed by atoms with Crippen LogP contribution in [0.5, 0.6) is 0 Å². The summed E-state index contributed by atoms with van der Waals surface area (Å²) < 4.78 is 44.6. The van der Waals surface area contributed by atoms with Crippen LogP contribution in [0.2, 0.25) is 0 Å². The van der Waals surface area contributed by atoms with Gasteiger partial charge in [-0.05, 0) is 26.0 Å². The predicted octanol–water partition coefficient (Wildman–Crippen LogP) is 1.88. The van der Waals surface area contributed by atoms with Crippen LogP contribution in [0.1, 0.15) is 30.6 Å². The van der Waals surface area contributed by atoms with Crippen molar-refractivity contribution >= 4 is 11.9 Å². The standard InChI is InChI=1S/C15H18F3NO4/c1-15(2,8-20)19(7-6-11(21)23-3)14(22)9-4-5-10(16)13(18)12(9)17/h4-5,20H,6-8H2,1-3H3. The molecule has 0 aliphatic carbocycles. The number of esters is 1. The van der Waals surface area contributed by atoms with Crippen molar-refractivity contribution in [3.8, 4) is 0 Å². The third-order valence-electron chi connectivity index (χ3n) is 3.40. The summed E-state index contributed by atoms with van der Waals surface area (Å²) in [5.41, 5.74) is -1.84. The Hall–Kier alpha value is -2.09. The summed E-state index contributed by atoms with van der Waals surface area (Å²) in [6.45, 7) is 2.31. The van der Waals surface area contributed by atoms with Gasteiger partial charge in [0.1, 0.15) is 0 Å². The van der Waals surface area contributed by atoms with Gasteiger partial charge in [-0.1, -0.05) is 0 Å². The number of benzene rings is 1. The number of ether oxygens (including phenoxy) is 1. The minimum Gasteiger partial charge on any atom is -0.469 e. The minimum absolute atomic E-state index is 0.183. The molecule has 1 aromatic rings. The fourth-order valence-corrected chi connectivity index (χ4v) is 1.91. The van der Waals surface area contributed by atoms with Crippen molar-refractivity contribution in [2.24, 2.45) is 0 Å². The molecule has 1 aromatic carbocycles. The SMILES string of the molecule is COC(=O)CCN(C(=O)c1ccc(F)c(F)c1F)C(C)(C)CO. The molecular formula is C15H18F3NO4. The molecule has 0 aliphatic rings. The number of rotatable bonds is 6. The molecule has 0 fully saturated rings. The smallest absolute Gasteiger partial charge is 0.307 e. The molecule has 1 rings (SSSR count). The highest BCUT2D eigenvalue weighted by Crippen LogP contribution is 2.22. The molecular weight excluding hydrogens is 315 g/mol. The molecule has 0 spiro atoms. The van der Waals surface area contributed by atoms with Gasteiger partial charge < -0.3 is 14.7 Å². The summed E-state index contributed by atoms with van der Waals surface area (Å²) in [5, 5.41) is 9.41. The number of carbonyl (C=O) groups is 2. The van der Waals surface area contributed by atoms with E-state index in [-0.39, 0.29) is 13.0 Å². The molecule has 0 radical (unpaired) electrons. The van der Waals surface area contributed by atoms with Crippen molar-refractivity contribution in [2.75, 3.05) is 20.3 Å². The van der Waals surface area contributed by atoms with E-state index in [2.05, 4.69) is 4.74 Å². The molecule has 1 N–H and O–H groups in total. The van der Waals surface area contributed by atoms with Gasteiger partial charge in [0.05, 0.1) is 31.2 Å². The van der Waals surface area contributed by atoms with Gasteiger partial charge in [-0.2, -0.15) is 0 Å². The second kappa shape index (κ2) is 7.45. The van der Waals surface area contributed by atoms with E-state index < -0.39 is 47.0 Å². The van der Waals surface area contributed by atoms with E-state index in [0.29, 0.717) is 6.07 Å². The molecule has 0 unspecified atom stereocenters. The summed E-state index contributed by atoms with van der Waals surface area (Å²) in [6.07, 6.45) is -0.197. The van der Waals surface area contributed by atoms with Gasteiger partial charge in [0.2, 0.25) is 0 Å². The van der Waals surface area contributed by atoms with Gasteiger partial charge in [0, 0.05) is 6.54 Å². The quantitative estimate of drug-likeness (QED) is 0.638. The van der Waals surface area contributed by atoms with Crippen LogP contribution in [0.3, 0.4) is 0 Å². The Morgan fingerprint density at radius 1 is 1.22 bits per heavy atom. The Bertz CT molecular complexity index is 605. The maximum atomic E-state index is 13.8. The molecule has 0 aliphatic heterocycles. The Labute approximate surface area is 131 Å². The van der Waals surface area contributed by atoms with Crippen LogP contribution < -0.4 is 0 Å². The first kappa shape index (κ1) is 19.0. The second-order valence-corrected chi connectivity index (χ2v) is 5.48. The Balaban J connectivity index is 3.18. The van der Waals surface area contributed by atoms with E-state index >= 15 is 0 Å². The summed E-state index contributed by atoms with van der Waals surface area (Å²) in [5.74, 6) is -6.37. The van der Waals surface area contributed by atoms with Crippen molar-refractivity contribution in [1.82, 2.24) is 4.90 Å². The highest BCUT2D eigenvalue weighted by Gasteiger charge is 2.33. The average Bonchev–Trinajstić information content (AvgIpc) is 2.52. The normalized spacial score (nSPS) is 11.3. The van der Waals surface area contributed by atoms with Gasteiger partial charge in [0.15, 0.2) is 17.5 Å². The molecule has 0 aromatic heterocycles. The van der Waals surface area contributed by atoms with Crippen LogP contribution in [0, 0.1) is 17.5 Å². The van der Waals surface area contributed by atoms with Crippen LogP contribution in [0.4, 0.5) is 13.2 Å². The van der Waals surface area contributed by atoms with E-state index in [1.54, 1.807) is 0 Å². The van der Waals surface area contributed by atoms with Crippen LogP contribution in [-0.2, 0) is 9.53 Å². The molecule has 0 atom stereocenters. The van der Waals surface area contributed by atoms with Gasteiger partial charge in [-0.3, -0.25) is 9.59 Å². The zero-order chi connectivity index (χ0) is 17.8. The van der Waals surface area contributed by atoms with Crippen molar-refractivity contribution in [3.63, 3.8) is 0 Å². The van der Waals surface area contributed by atoms with E-state index in [9.17, 15) is 27.9 Å². The number of aliphatic hydroxyl groups excluding tert-OH is 1. The Morgan fingerprint density at radius 3 is 2.35 bits per heavy atom. The summed E-state index contributed by atoms with van der Waals surface area (Å²) in [6, 6.07) is 1.45. The lowest BCUT2D eigenvalue weighted by Crippen LogP contribution is -2.51. The predicted molar refractivity (Wildman–Crippen MR) is 75.2 cm³/mol. The fraction of sp³-hybridized carbons (Fsp3) is 0.467. The number of aliphatic hydroxyl groups is 1. The monoisotopic (exact) mass is 333 g/mol. The minimum atomic E-state index is -1.76. The zero-order valence-electron chi connectivity index (χ0n) is 13.0. The van der Waals surface area contributed by atoms with E-state index in [1.807, 2.05) is 0 Å². The maximum Gasteiger partial charge on any atom is 0.307 e. The van der Waals surface area contributed by atoms with Crippen molar-refractivity contribution in [1.29, 1.82) is 0 Å². The van der Waals surface area contributed by atoms with Crippen molar-refractivity contribution in [3.05, 3.63) is 35.1 Å². The van der Waals surface area contributed by atoms with E-state index in [0.717, 1.165) is 11.0 Å². The maximum absolute atomic E-state index is 13.8. The first-order valence-corrected chi connectivity index (χ1v) is 6.79. The van der Waals surface area contributed by atoms with Gasteiger partial charge in [-0.15, -0.1) is 0 Å². The molecule has 0 bridgehead atoms. The number of methoxy groups -OCH3 is 1. The summed E-state index contributed by atoms with van der Waals surface area (Å²) >= 11 is 0. The summed E-state index contributed by atoms with van der Waals surface area (Å²) in [7, 11) is 1.17. The molecule has 128 valence electrons. The zero-order valence-corrected chi connectivity index (χ0v) is 13.0. The lowest BCUT2D eigenvalue weighted by Gasteiger charge is -2.37. The molecule has 0 saturated heterocycles. The van der Waals surface area contributed by atoms with Crippen molar-refractivity contribution in [2.45, 2.75) is 25.8 Å². The van der Waals surface area contributed by atoms with E-state index in [4.69, 9.17) is 0 Å². The van der Waals surface area contributed by atoms with Crippen LogP contribution in [0.25, 0.3) is 0 Å². The molecule has 23 heavy (non-hydrogen) atoms. The molecule has 1 amide bonds. The third kappa shape index (κ3) is 4.22. The first-order chi connectivity index (χ1) is 10.7. The fourth-order valence-electron chi connectivity index (χ4n) is 1.91. The Morgan fingerprint density at radius 2 is 1.83 bits per heavy atom. The Kier molecular flexibility index (Phi) is 6.14. The number of hydrogen-bond donors (Lipinski definition) is 1. The largest absolute Gasteiger partial charge is 0.469 e. The molecule has 5 nitrogen and oxygen atoms in total. The van der Waals surface area contributed by atoms with Crippen molar-refractivity contribution < 1.29 is 32.6 Å². The van der Waals surface area contributed by atoms with Gasteiger partial charge >= 0.3 is 5.97 Å². The number of nitrogens with zero attached hydrogens (tertiary/aromatic N) is 1. The molecule has 0 heterocycles. The van der Waals surface area contributed by atoms with Gasteiger partial charge in [-0.25, -0.2) is 13.2 Å². The second-order valence-electron chi connectivity index (χ2n) is 5.48. The first-order valence-electron chi connectivity index (χ1n) is 6.79. The topological polar surface area (TPSA) is 66.8 Å². The number of amides is 1. The number of carbonyl (C=O) groups excluding carboxylic acids is 2. The third-order valence-corrected chi connectivity index (χ3v) is 3.40. The van der Waals surface area contributed by atoms with Crippen LogP contribution in [-0.4, -0.2) is 47.7 Å². The van der Waals surface area contributed by atoms with Crippen LogP contribution in [0.15, 0.2) is 12.1 Å². The summed E-state index contributed by atoms with van der Waals surface area (Å²) in [4.78, 5) is 24.7. The number of hydrogen-bond acceptors (Lipinski definition) is 4. The highest BCUT2D eigenvalue weighted by atomic mass is 19.2. The van der Waals surface area contributed by atoms with Gasteiger partial charge in [0.25, 0.3) is 5.91 Å². The lowest BCUT2D eigenvalue weighted by atomic mass is 10.0. The molecule has 0 saturated carbocycles.